The maximum Gasteiger partial charge on any atom is 0.380 e. The lowest BCUT2D eigenvalue weighted by Gasteiger charge is -2.25. The van der Waals surface area contributed by atoms with E-state index in [0.717, 1.165) is 32.9 Å². The largest absolute Gasteiger partial charge is 0.489 e. The Morgan fingerprint density at radius 1 is 0.521 bits per heavy atom. The first-order chi connectivity index (χ1) is 34.7. The zero-order valence-corrected chi connectivity index (χ0v) is 43.0. The van der Waals surface area contributed by atoms with Gasteiger partial charge < -0.3 is 9.15 Å². The van der Waals surface area contributed by atoms with Gasteiger partial charge in [0.2, 0.25) is 12.6 Å². The van der Waals surface area contributed by atoms with Gasteiger partial charge in [-0.15, -0.1) is 22.7 Å². The van der Waals surface area contributed by atoms with E-state index in [1.54, 1.807) is 65.9 Å². The molecule has 0 N–H and O–H groups in total. The molecule has 10 rings (SSSR count). The van der Waals surface area contributed by atoms with Crippen molar-refractivity contribution in [3.63, 3.8) is 0 Å². The highest BCUT2D eigenvalue weighted by Gasteiger charge is 2.81. The molecule has 0 spiro atoms. The Labute approximate surface area is 429 Å². The molecule has 6 aromatic carbocycles. The molecule has 3 aromatic heterocycles. The van der Waals surface area contributed by atoms with Gasteiger partial charge in [-0.3, -0.25) is 0 Å². The zero-order valence-electron chi connectivity index (χ0n) is 41.4. The van der Waals surface area contributed by atoms with Gasteiger partial charge >= 0.3 is 17.8 Å². The normalized spacial score (nSPS) is 14.8. The van der Waals surface area contributed by atoms with E-state index in [1.165, 1.54) is 68.5 Å². The standard InChI is InChI=1S/C60H49BF6N2O2S2/c1-33-28-35(3)52(36(4)29-33)61(53-37(5)30-34(2)31-38(53)6)46-22-18-43(19-23-46)49-27-26-48(73-49)42-16-14-41(15-17-42)32-70-47-24-20-45(21-25-47)57-69-55(40(8)72-57)51-50(58(62,63)60(66,67)59(51,64)65)54-39(7)71-56(68-54)44-12-10-9-11-13-44/h9-31H,32H2,1-8H3. The van der Waals surface area contributed by atoms with Gasteiger partial charge in [-0.2, -0.15) is 26.3 Å². The van der Waals surface area contributed by atoms with Crippen LogP contribution in [0.2, 0.25) is 0 Å². The van der Waals surface area contributed by atoms with E-state index in [9.17, 15) is 0 Å². The summed E-state index contributed by atoms with van der Waals surface area (Å²) in [5.74, 6) is -16.3. The number of ether oxygens (including phenoxy) is 1. The number of thiophene rings is 1. The lowest BCUT2D eigenvalue weighted by Crippen LogP contribution is -2.55. The van der Waals surface area contributed by atoms with E-state index in [2.05, 4.69) is 124 Å². The van der Waals surface area contributed by atoms with Crippen molar-refractivity contribution < 1.29 is 35.5 Å². The number of hydrogen-bond acceptors (Lipinski definition) is 6. The van der Waals surface area contributed by atoms with Crippen molar-refractivity contribution in [2.24, 2.45) is 0 Å². The second kappa shape index (κ2) is 18.8. The number of aromatic nitrogens is 2. The van der Waals surface area contributed by atoms with Crippen LogP contribution in [0, 0.1) is 55.4 Å². The van der Waals surface area contributed by atoms with Gasteiger partial charge in [0, 0.05) is 25.8 Å². The second-order valence-corrected chi connectivity index (χ2v) is 21.3. The Hall–Kier alpha value is -6.96. The molecule has 0 unspecified atom stereocenters. The summed E-state index contributed by atoms with van der Waals surface area (Å²) in [6.45, 7) is 16.2. The molecule has 0 radical (unpaired) electrons. The summed E-state index contributed by atoms with van der Waals surface area (Å²) in [5, 5.41) is 0.173. The lowest BCUT2D eigenvalue weighted by molar-refractivity contribution is -0.254. The van der Waals surface area contributed by atoms with Crippen molar-refractivity contribution in [3.05, 3.63) is 200 Å². The minimum absolute atomic E-state index is 0.0494. The smallest absolute Gasteiger partial charge is 0.380 e. The van der Waals surface area contributed by atoms with Crippen molar-refractivity contribution in [2.75, 3.05) is 0 Å². The summed E-state index contributed by atoms with van der Waals surface area (Å²) < 4.78 is 105. The summed E-state index contributed by atoms with van der Waals surface area (Å²) in [6.07, 6.45) is 0. The van der Waals surface area contributed by atoms with Crippen LogP contribution in [0.1, 0.15) is 61.0 Å². The Balaban J connectivity index is 0.836. The molecule has 1 aliphatic rings. The number of benzene rings is 6. The highest BCUT2D eigenvalue weighted by atomic mass is 32.1. The number of oxazole rings is 1. The number of alkyl halides is 6. The van der Waals surface area contributed by atoms with Crippen LogP contribution in [0.4, 0.5) is 26.3 Å². The number of thiazole rings is 1. The van der Waals surface area contributed by atoms with Gasteiger partial charge in [0.1, 0.15) is 28.8 Å². The molecule has 13 heteroatoms. The van der Waals surface area contributed by atoms with Crippen LogP contribution in [-0.2, 0) is 6.61 Å². The van der Waals surface area contributed by atoms with Gasteiger partial charge in [-0.25, -0.2) is 9.97 Å². The minimum atomic E-state index is -5.77. The Morgan fingerprint density at radius 2 is 1.01 bits per heavy atom. The van der Waals surface area contributed by atoms with Crippen LogP contribution in [0.5, 0.6) is 5.75 Å². The van der Waals surface area contributed by atoms with Crippen molar-refractivity contribution in [1.82, 2.24) is 9.97 Å². The first kappa shape index (κ1) is 49.6. The van der Waals surface area contributed by atoms with E-state index < -0.39 is 40.3 Å². The molecule has 0 saturated carbocycles. The van der Waals surface area contributed by atoms with Crippen LogP contribution in [0.3, 0.4) is 0 Å². The first-order valence-electron chi connectivity index (χ1n) is 23.8. The number of aryl methyl sites for hydroxylation is 8. The van der Waals surface area contributed by atoms with Crippen molar-refractivity contribution in [1.29, 1.82) is 0 Å². The van der Waals surface area contributed by atoms with Gasteiger partial charge in [-0.1, -0.05) is 141 Å². The SMILES string of the molecule is Cc1cc(C)c(B(c2ccc(-c3ccc(-c4ccc(COc5ccc(-c6nc(C7=C(c8nc(-c9ccccc9)oc8C)C(F)(F)C(F)(F)C7(F)F)c(C)s6)cc5)cc4)s3)cc2)c2c(C)cc(C)cc2C)c(C)c1. The van der Waals surface area contributed by atoms with Crippen LogP contribution in [0.15, 0.2) is 144 Å². The third-order valence-corrected chi connectivity index (χ3v) is 15.9. The van der Waals surface area contributed by atoms with Gasteiger partial charge in [-0.05, 0) is 121 Å². The average Bonchev–Trinajstić information content (AvgIpc) is 4.12. The van der Waals surface area contributed by atoms with E-state index in [0.29, 0.717) is 16.9 Å². The molecule has 9 aromatic rings. The van der Waals surface area contributed by atoms with Crippen LogP contribution in [0.25, 0.3) is 54.1 Å². The molecule has 0 fully saturated rings. The number of hydrogen-bond donors (Lipinski definition) is 0. The lowest BCUT2D eigenvalue weighted by atomic mass is 9.34. The van der Waals surface area contributed by atoms with E-state index in [-0.39, 0.29) is 34.9 Å². The minimum Gasteiger partial charge on any atom is -0.489 e. The van der Waals surface area contributed by atoms with Crippen LogP contribution in [-0.4, -0.2) is 34.4 Å². The molecular formula is C60H49BF6N2O2S2. The molecule has 1 aliphatic carbocycles. The maximum absolute atomic E-state index is 15.8. The molecule has 0 saturated heterocycles. The van der Waals surface area contributed by atoms with Gasteiger partial charge in [0.25, 0.3) is 0 Å². The summed E-state index contributed by atoms with van der Waals surface area (Å²) >= 11 is 2.66. The fraction of sp³-hybridized carbons (Fsp3) is 0.200. The van der Waals surface area contributed by atoms with Gasteiger partial charge in [0.15, 0.2) is 0 Å². The number of halogens is 6. The Bertz CT molecular complexity index is 3480. The third kappa shape index (κ3) is 8.84. The van der Waals surface area contributed by atoms with E-state index in [4.69, 9.17) is 9.15 Å². The monoisotopic (exact) mass is 1020 g/mol. The summed E-state index contributed by atoms with van der Waals surface area (Å²) in [7, 11) is 0. The fourth-order valence-corrected chi connectivity index (χ4v) is 12.3. The molecule has 0 atom stereocenters. The average molecular weight is 1020 g/mol. The van der Waals surface area contributed by atoms with E-state index in [1.807, 2.05) is 12.1 Å². The topological polar surface area (TPSA) is 48.2 Å². The molecular weight excluding hydrogens is 970 g/mol. The van der Waals surface area contributed by atoms with Crippen LogP contribution < -0.4 is 21.1 Å². The molecule has 0 amide bonds. The quantitative estimate of drug-likeness (QED) is 0.0904. The first-order valence-corrected chi connectivity index (χ1v) is 25.4. The van der Waals surface area contributed by atoms with E-state index >= 15 is 26.3 Å². The Morgan fingerprint density at radius 3 is 1.55 bits per heavy atom. The molecule has 0 bridgehead atoms. The maximum atomic E-state index is 15.8. The fourth-order valence-electron chi connectivity index (χ4n) is 10.3. The second-order valence-electron chi connectivity index (χ2n) is 19.0. The van der Waals surface area contributed by atoms with Gasteiger partial charge in [0.05, 0.1) is 16.8 Å². The molecule has 3 heterocycles. The summed E-state index contributed by atoms with van der Waals surface area (Å²) in [4.78, 5) is 10.7. The predicted molar refractivity (Wildman–Crippen MR) is 286 cm³/mol. The third-order valence-electron chi connectivity index (χ3n) is 13.7. The molecule has 368 valence electrons. The van der Waals surface area contributed by atoms with Crippen LogP contribution >= 0.6 is 22.7 Å². The zero-order chi connectivity index (χ0) is 51.7. The highest BCUT2D eigenvalue weighted by molar-refractivity contribution is 7.18. The van der Waals surface area contributed by atoms with Crippen molar-refractivity contribution in [2.45, 2.75) is 79.8 Å². The molecule has 73 heavy (non-hydrogen) atoms. The number of nitrogens with zero attached hydrogens (tertiary/aromatic N) is 2. The summed E-state index contributed by atoms with van der Waals surface area (Å²) in [5.41, 5.74) is 11.0. The van der Waals surface area contributed by atoms with Crippen molar-refractivity contribution in [3.8, 4) is 48.7 Å². The molecule has 0 aliphatic heterocycles. The number of allylic oxidation sites excluding steroid dienone is 2. The summed E-state index contributed by atoms with van der Waals surface area (Å²) in [6, 6.07) is 45.4. The highest BCUT2D eigenvalue weighted by Crippen LogP contribution is 2.65. The predicted octanol–water partition coefficient (Wildman–Crippen LogP) is 15.3. The number of rotatable bonds is 12. The van der Waals surface area contributed by atoms with Crippen molar-refractivity contribution >= 4 is 56.9 Å². The Kier molecular flexibility index (Phi) is 12.8. The molecule has 4 nitrogen and oxygen atoms in total.